The summed E-state index contributed by atoms with van der Waals surface area (Å²) in [5, 5.41) is 4.26. The Labute approximate surface area is 116 Å². The normalized spacial score (nSPS) is 12.5. The molecule has 5 heteroatoms. The van der Waals surface area contributed by atoms with Crippen molar-refractivity contribution in [2.45, 2.75) is 19.9 Å². The van der Waals surface area contributed by atoms with Crippen molar-refractivity contribution < 1.29 is 4.42 Å². The molecular formula is C15H16N4O. The number of nitrogens with zero attached hydrogens (tertiary/aromatic N) is 2. The number of rotatable bonds is 3. The van der Waals surface area contributed by atoms with E-state index < -0.39 is 0 Å². The first kappa shape index (κ1) is 12.5. The van der Waals surface area contributed by atoms with Gasteiger partial charge in [-0.3, -0.25) is 4.98 Å². The Morgan fingerprint density at radius 1 is 1.25 bits per heavy atom. The van der Waals surface area contributed by atoms with Crippen LogP contribution in [0.3, 0.4) is 0 Å². The fourth-order valence-corrected chi connectivity index (χ4v) is 2.17. The SMILES string of the molecule is Cc1cnc(C(C)Nc2ccc3ncccc3c2N)o1. The zero-order valence-corrected chi connectivity index (χ0v) is 11.4. The van der Waals surface area contributed by atoms with Gasteiger partial charge in [0.2, 0.25) is 5.89 Å². The van der Waals surface area contributed by atoms with Crippen molar-refractivity contribution in [3.63, 3.8) is 0 Å². The molecule has 0 aliphatic heterocycles. The Morgan fingerprint density at radius 2 is 2.10 bits per heavy atom. The predicted molar refractivity (Wildman–Crippen MR) is 79.4 cm³/mol. The zero-order valence-electron chi connectivity index (χ0n) is 11.4. The Kier molecular flexibility index (Phi) is 3.02. The van der Waals surface area contributed by atoms with E-state index in [1.807, 2.05) is 38.1 Å². The maximum atomic E-state index is 6.20. The Bertz CT molecular complexity index is 750. The predicted octanol–water partition coefficient (Wildman–Crippen LogP) is 3.29. The molecular weight excluding hydrogens is 252 g/mol. The topological polar surface area (TPSA) is 77.0 Å². The van der Waals surface area contributed by atoms with Crippen molar-refractivity contribution in [3.05, 3.63) is 48.3 Å². The fraction of sp³-hybridized carbons (Fsp3) is 0.200. The second kappa shape index (κ2) is 4.85. The first-order valence-electron chi connectivity index (χ1n) is 6.47. The van der Waals surface area contributed by atoms with E-state index in [9.17, 15) is 0 Å². The fourth-order valence-electron chi connectivity index (χ4n) is 2.17. The average Bonchev–Trinajstić information content (AvgIpc) is 2.89. The molecule has 102 valence electrons. The van der Waals surface area contributed by atoms with Gasteiger partial charge < -0.3 is 15.5 Å². The van der Waals surface area contributed by atoms with Gasteiger partial charge in [-0.2, -0.15) is 0 Å². The maximum Gasteiger partial charge on any atom is 0.216 e. The van der Waals surface area contributed by atoms with E-state index in [-0.39, 0.29) is 6.04 Å². The summed E-state index contributed by atoms with van der Waals surface area (Å²) in [5.41, 5.74) is 8.62. The molecule has 0 amide bonds. The minimum Gasteiger partial charge on any atom is -0.444 e. The van der Waals surface area contributed by atoms with Gasteiger partial charge in [0.25, 0.3) is 0 Å². The highest BCUT2D eigenvalue weighted by atomic mass is 16.4. The number of hydrogen-bond acceptors (Lipinski definition) is 5. The summed E-state index contributed by atoms with van der Waals surface area (Å²) in [7, 11) is 0. The quantitative estimate of drug-likeness (QED) is 0.713. The van der Waals surface area contributed by atoms with Crippen LogP contribution in [-0.4, -0.2) is 9.97 Å². The van der Waals surface area contributed by atoms with Crippen LogP contribution in [0.15, 0.2) is 41.1 Å². The van der Waals surface area contributed by atoms with Gasteiger partial charge in [0.1, 0.15) is 11.8 Å². The van der Waals surface area contributed by atoms with Gasteiger partial charge in [-0.15, -0.1) is 0 Å². The van der Waals surface area contributed by atoms with Crippen molar-refractivity contribution in [3.8, 4) is 0 Å². The van der Waals surface area contributed by atoms with Crippen molar-refractivity contribution in [2.75, 3.05) is 11.1 Å². The summed E-state index contributed by atoms with van der Waals surface area (Å²) >= 11 is 0. The highest BCUT2D eigenvalue weighted by molar-refractivity contribution is 5.96. The molecule has 1 unspecified atom stereocenters. The van der Waals surface area contributed by atoms with Crippen LogP contribution >= 0.6 is 0 Å². The van der Waals surface area contributed by atoms with Gasteiger partial charge in [-0.05, 0) is 38.1 Å². The molecule has 3 N–H and O–H groups in total. The number of fused-ring (bicyclic) bond motifs is 1. The number of nitrogens with one attached hydrogen (secondary N) is 1. The molecule has 0 fully saturated rings. The van der Waals surface area contributed by atoms with Crippen LogP contribution in [0.5, 0.6) is 0 Å². The second-order valence-corrected chi connectivity index (χ2v) is 4.77. The van der Waals surface area contributed by atoms with E-state index in [0.29, 0.717) is 11.6 Å². The highest BCUT2D eigenvalue weighted by Gasteiger charge is 2.13. The van der Waals surface area contributed by atoms with Crippen LogP contribution in [0.2, 0.25) is 0 Å². The van der Waals surface area contributed by atoms with Crippen LogP contribution < -0.4 is 11.1 Å². The van der Waals surface area contributed by atoms with Crippen LogP contribution in [0.1, 0.15) is 24.6 Å². The van der Waals surface area contributed by atoms with Crippen LogP contribution in [0.25, 0.3) is 10.9 Å². The Hall–Kier alpha value is -2.56. The third-order valence-electron chi connectivity index (χ3n) is 3.21. The second-order valence-electron chi connectivity index (χ2n) is 4.77. The molecule has 0 aliphatic rings. The van der Waals surface area contributed by atoms with E-state index in [1.165, 1.54) is 0 Å². The summed E-state index contributed by atoms with van der Waals surface area (Å²) < 4.78 is 5.52. The Morgan fingerprint density at radius 3 is 2.85 bits per heavy atom. The molecule has 3 aromatic rings. The van der Waals surface area contributed by atoms with E-state index in [2.05, 4.69) is 15.3 Å². The van der Waals surface area contributed by atoms with Crippen molar-refractivity contribution in [1.29, 1.82) is 0 Å². The third kappa shape index (κ3) is 2.18. The average molecular weight is 268 g/mol. The van der Waals surface area contributed by atoms with Crippen molar-refractivity contribution in [1.82, 2.24) is 9.97 Å². The molecule has 0 aliphatic carbocycles. The van der Waals surface area contributed by atoms with Gasteiger partial charge in [-0.1, -0.05) is 0 Å². The summed E-state index contributed by atoms with van der Waals surface area (Å²) in [5.74, 6) is 1.44. The first-order chi connectivity index (χ1) is 9.65. The number of benzene rings is 1. The lowest BCUT2D eigenvalue weighted by Gasteiger charge is -2.15. The third-order valence-corrected chi connectivity index (χ3v) is 3.21. The summed E-state index contributed by atoms with van der Waals surface area (Å²) in [6.07, 6.45) is 3.47. The van der Waals surface area contributed by atoms with Gasteiger partial charge in [-0.25, -0.2) is 4.98 Å². The van der Waals surface area contributed by atoms with E-state index >= 15 is 0 Å². The standard InChI is InChI=1S/C15H16N4O/c1-9-8-18-15(20-9)10(2)19-13-6-5-12-11(14(13)16)4-3-7-17-12/h3-8,10,19H,16H2,1-2H3. The smallest absolute Gasteiger partial charge is 0.216 e. The van der Waals surface area contributed by atoms with Crippen LogP contribution in [-0.2, 0) is 0 Å². The summed E-state index contributed by atoms with van der Waals surface area (Å²) in [4.78, 5) is 8.51. The highest BCUT2D eigenvalue weighted by Crippen LogP contribution is 2.30. The minimum absolute atomic E-state index is 0.0554. The molecule has 2 aromatic heterocycles. The first-order valence-corrected chi connectivity index (χ1v) is 6.47. The molecule has 1 aromatic carbocycles. The van der Waals surface area contributed by atoms with Gasteiger partial charge >= 0.3 is 0 Å². The molecule has 2 heterocycles. The van der Waals surface area contributed by atoms with Crippen LogP contribution in [0, 0.1) is 6.92 Å². The van der Waals surface area contributed by atoms with Crippen molar-refractivity contribution >= 4 is 22.3 Å². The lowest BCUT2D eigenvalue weighted by Crippen LogP contribution is -2.09. The molecule has 0 spiro atoms. The van der Waals surface area contributed by atoms with Crippen molar-refractivity contribution in [2.24, 2.45) is 0 Å². The monoisotopic (exact) mass is 268 g/mol. The zero-order chi connectivity index (χ0) is 14.1. The number of anilines is 2. The molecule has 3 rings (SSSR count). The van der Waals surface area contributed by atoms with E-state index in [4.69, 9.17) is 10.2 Å². The number of hydrogen-bond donors (Lipinski definition) is 2. The van der Waals surface area contributed by atoms with Gasteiger partial charge in [0, 0.05) is 11.6 Å². The molecule has 20 heavy (non-hydrogen) atoms. The van der Waals surface area contributed by atoms with Crippen LogP contribution in [0.4, 0.5) is 11.4 Å². The molecule has 0 saturated heterocycles. The number of oxazole rings is 1. The Balaban J connectivity index is 1.93. The van der Waals surface area contributed by atoms with E-state index in [0.717, 1.165) is 22.4 Å². The number of nitrogen functional groups attached to an aromatic ring is 1. The number of aromatic nitrogens is 2. The van der Waals surface area contributed by atoms with Gasteiger partial charge in [0.15, 0.2) is 0 Å². The number of aryl methyl sites for hydroxylation is 1. The molecule has 5 nitrogen and oxygen atoms in total. The maximum absolute atomic E-state index is 6.20. The summed E-state index contributed by atoms with van der Waals surface area (Å²) in [6.45, 7) is 3.86. The summed E-state index contributed by atoms with van der Waals surface area (Å²) in [6, 6.07) is 7.66. The van der Waals surface area contributed by atoms with E-state index in [1.54, 1.807) is 12.4 Å². The van der Waals surface area contributed by atoms with Gasteiger partial charge in [0.05, 0.1) is 23.1 Å². The lowest BCUT2D eigenvalue weighted by atomic mass is 10.1. The molecule has 1 atom stereocenters. The number of pyridine rings is 1. The largest absolute Gasteiger partial charge is 0.444 e. The minimum atomic E-state index is -0.0554. The molecule has 0 radical (unpaired) electrons. The molecule has 0 saturated carbocycles. The number of nitrogens with two attached hydrogens (primary N) is 1. The lowest BCUT2D eigenvalue weighted by molar-refractivity contribution is 0.454. The molecule has 0 bridgehead atoms.